The van der Waals surface area contributed by atoms with E-state index in [1.807, 2.05) is 0 Å². The van der Waals surface area contributed by atoms with Crippen molar-refractivity contribution in [2.45, 2.75) is 26.2 Å². The van der Waals surface area contributed by atoms with Crippen LogP contribution in [0.15, 0.2) is 22.9 Å². The second-order valence-corrected chi connectivity index (χ2v) is 4.67. The molecular formula is C13H19BrN2O2. The van der Waals surface area contributed by atoms with Crippen LogP contribution >= 0.6 is 15.9 Å². The lowest BCUT2D eigenvalue weighted by Crippen LogP contribution is -2.25. The summed E-state index contributed by atoms with van der Waals surface area (Å²) >= 11 is 3.25. The first kappa shape index (κ1) is 15.1. The number of pyridine rings is 1. The van der Waals surface area contributed by atoms with E-state index in [4.69, 9.17) is 4.74 Å². The highest BCUT2D eigenvalue weighted by molar-refractivity contribution is 9.10. The van der Waals surface area contributed by atoms with Crippen LogP contribution < -0.4 is 5.32 Å². The van der Waals surface area contributed by atoms with Crippen LogP contribution in [-0.4, -0.2) is 30.6 Å². The van der Waals surface area contributed by atoms with Gasteiger partial charge < -0.3 is 10.1 Å². The van der Waals surface area contributed by atoms with E-state index < -0.39 is 0 Å². The van der Waals surface area contributed by atoms with Crippen LogP contribution in [0, 0.1) is 0 Å². The fourth-order valence-electron chi connectivity index (χ4n) is 1.38. The Morgan fingerprint density at radius 2 is 2.22 bits per heavy atom. The van der Waals surface area contributed by atoms with Gasteiger partial charge in [-0.15, -0.1) is 0 Å². The van der Waals surface area contributed by atoms with E-state index in [1.165, 1.54) is 0 Å². The maximum Gasteiger partial charge on any atom is 0.254 e. The molecule has 0 aliphatic carbocycles. The van der Waals surface area contributed by atoms with Gasteiger partial charge in [0.15, 0.2) is 0 Å². The maximum atomic E-state index is 11.8. The number of carbonyl (C=O) groups is 1. The molecule has 5 heteroatoms. The van der Waals surface area contributed by atoms with Gasteiger partial charge in [0.25, 0.3) is 5.91 Å². The summed E-state index contributed by atoms with van der Waals surface area (Å²) < 4.78 is 5.98. The van der Waals surface area contributed by atoms with Crippen LogP contribution in [0.25, 0.3) is 0 Å². The summed E-state index contributed by atoms with van der Waals surface area (Å²) in [6, 6.07) is 3.48. The third-order valence-electron chi connectivity index (χ3n) is 2.40. The molecule has 0 aliphatic heterocycles. The van der Waals surface area contributed by atoms with Gasteiger partial charge in [0, 0.05) is 26.0 Å². The zero-order valence-electron chi connectivity index (χ0n) is 10.6. The summed E-state index contributed by atoms with van der Waals surface area (Å²) in [7, 11) is 0. The number of ether oxygens (including phenoxy) is 1. The lowest BCUT2D eigenvalue weighted by Gasteiger charge is -2.06. The Bertz CT molecular complexity index is 372. The highest BCUT2D eigenvalue weighted by atomic mass is 79.9. The van der Waals surface area contributed by atoms with Gasteiger partial charge in [-0.1, -0.05) is 13.3 Å². The smallest absolute Gasteiger partial charge is 0.254 e. The Hall–Kier alpha value is -0.940. The van der Waals surface area contributed by atoms with E-state index >= 15 is 0 Å². The Balaban J connectivity index is 2.16. The number of aromatic nitrogens is 1. The monoisotopic (exact) mass is 314 g/mol. The van der Waals surface area contributed by atoms with E-state index in [1.54, 1.807) is 18.3 Å². The van der Waals surface area contributed by atoms with Crippen LogP contribution in [0.2, 0.25) is 0 Å². The fourth-order valence-corrected chi connectivity index (χ4v) is 1.81. The highest BCUT2D eigenvalue weighted by Crippen LogP contribution is 2.11. The van der Waals surface area contributed by atoms with E-state index in [2.05, 4.69) is 33.2 Å². The topological polar surface area (TPSA) is 51.2 Å². The van der Waals surface area contributed by atoms with Crippen LogP contribution in [-0.2, 0) is 4.74 Å². The van der Waals surface area contributed by atoms with Crippen molar-refractivity contribution in [3.63, 3.8) is 0 Å². The third kappa shape index (κ3) is 5.60. The average Bonchev–Trinajstić information content (AvgIpc) is 2.38. The quantitative estimate of drug-likeness (QED) is 0.593. The standard InChI is InChI=1S/C13H19BrN2O2/c1-2-3-9-18-10-5-8-16-13(17)11-6-4-7-15-12(11)14/h4,6-7H,2-3,5,8-10H2,1H3,(H,16,17). The molecule has 1 rings (SSSR count). The van der Waals surface area contributed by atoms with Crippen molar-refractivity contribution < 1.29 is 9.53 Å². The van der Waals surface area contributed by atoms with Gasteiger partial charge in [-0.3, -0.25) is 4.79 Å². The normalized spacial score (nSPS) is 10.3. The van der Waals surface area contributed by atoms with Gasteiger partial charge in [0.1, 0.15) is 4.60 Å². The molecule has 4 nitrogen and oxygen atoms in total. The Morgan fingerprint density at radius 3 is 2.94 bits per heavy atom. The number of hydrogen-bond acceptors (Lipinski definition) is 3. The Labute approximate surface area is 116 Å². The molecule has 1 N–H and O–H groups in total. The van der Waals surface area contributed by atoms with Crippen molar-refractivity contribution >= 4 is 21.8 Å². The summed E-state index contributed by atoms with van der Waals surface area (Å²) in [6.07, 6.45) is 4.70. The zero-order chi connectivity index (χ0) is 13.2. The minimum Gasteiger partial charge on any atom is -0.381 e. The lowest BCUT2D eigenvalue weighted by molar-refractivity contribution is 0.0939. The second kappa shape index (κ2) is 9.05. The first-order chi connectivity index (χ1) is 8.75. The van der Waals surface area contributed by atoms with Crippen LogP contribution in [0.1, 0.15) is 36.5 Å². The van der Waals surface area contributed by atoms with E-state index in [9.17, 15) is 4.79 Å². The van der Waals surface area contributed by atoms with Crippen LogP contribution in [0.3, 0.4) is 0 Å². The van der Waals surface area contributed by atoms with Gasteiger partial charge in [-0.2, -0.15) is 0 Å². The van der Waals surface area contributed by atoms with Gasteiger partial charge in [-0.05, 0) is 40.9 Å². The van der Waals surface area contributed by atoms with Crippen LogP contribution in [0.5, 0.6) is 0 Å². The molecule has 1 amide bonds. The van der Waals surface area contributed by atoms with Crippen molar-refractivity contribution in [2.75, 3.05) is 19.8 Å². The molecule has 0 unspecified atom stereocenters. The number of rotatable bonds is 8. The molecule has 1 aromatic rings. The number of nitrogens with zero attached hydrogens (tertiary/aromatic N) is 1. The first-order valence-electron chi connectivity index (χ1n) is 6.22. The molecule has 1 aromatic heterocycles. The summed E-state index contributed by atoms with van der Waals surface area (Å²) in [5, 5.41) is 2.84. The van der Waals surface area contributed by atoms with Crippen molar-refractivity contribution in [1.82, 2.24) is 10.3 Å². The number of hydrogen-bond donors (Lipinski definition) is 1. The molecule has 0 fully saturated rings. The van der Waals surface area contributed by atoms with Gasteiger partial charge in [0.05, 0.1) is 5.56 Å². The molecule has 0 saturated carbocycles. The summed E-state index contributed by atoms with van der Waals surface area (Å²) in [4.78, 5) is 15.8. The highest BCUT2D eigenvalue weighted by Gasteiger charge is 2.08. The molecule has 0 spiro atoms. The molecule has 0 aliphatic rings. The van der Waals surface area contributed by atoms with Crippen molar-refractivity contribution in [2.24, 2.45) is 0 Å². The maximum absolute atomic E-state index is 11.8. The van der Waals surface area contributed by atoms with Gasteiger partial charge >= 0.3 is 0 Å². The number of carbonyl (C=O) groups excluding carboxylic acids is 1. The summed E-state index contributed by atoms with van der Waals surface area (Å²) in [5.74, 6) is -0.108. The minimum atomic E-state index is -0.108. The van der Waals surface area contributed by atoms with E-state index in [0.29, 0.717) is 23.3 Å². The van der Waals surface area contributed by atoms with Gasteiger partial charge in [-0.25, -0.2) is 4.98 Å². The second-order valence-electron chi connectivity index (χ2n) is 3.92. The predicted octanol–water partition coefficient (Wildman–Crippen LogP) is 2.78. The molecule has 0 atom stereocenters. The van der Waals surface area contributed by atoms with Crippen LogP contribution in [0.4, 0.5) is 0 Å². The zero-order valence-corrected chi connectivity index (χ0v) is 12.2. The number of unbranched alkanes of at least 4 members (excludes halogenated alkanes) is 1. The largest absolute Gasteiger partial charge is 0.381 e. The number of halogens is 1. The third-order valence-corrected chi connectivity index (χ3v) is 3.03. The SMILES string of the molecule is CCCCOCCCNC(=O)c1cccnc1Br. The van der Waals surface area contributed by atoms with E-state index in [0.717, 1.165) is 25.9 Å². The molecule has 0 radical (unpaired) electrons. The van der Waals surface area contributed by atoms with Crippen molar-refractivity contribution in [1.29, 1.82) is 0 Å². The Morgan fingerprint density at radius 1 is 1.44 bits per heavy atom. The molecule has 18 heavy (non-hydrogen) atoms. The molecule has 0 saturated heterocycles. The minimum absolute atomic E-state index is 0.108. The first-order valence-corrected chi connectivity index (χ1v) is 7.01. The summed E-state index contributed by atoms with van der Waals surface area (Å²) in [5.41, 5.74) is 0.560. The van der Waals surface area contributed by atoms with Crippen molar-refractivity contribution in [3.05, 3.63) is 28.5 Å². The summed E-state index contributed by atoms with van der Waals surface area (Å²) in [6.45, 7) is 4.24. The number of amides is 1. The lowest BCUT2D eigenvalue weighted by atomic mass is 10.2. The molecule has 0 bridgehead atoms. The Kier molecular flexibility index (Phi) is 7.60. The molecule has 1 heterocycles. The van der Waals surface area contributed by atoms with Crippen molar-refractivity contribution in [3.8, 4) is 0 Å². The van der Waals surface area contributed by atoms with E-state index in [-0.39, 0.29) is 5.91 Å². The van der Waals surface area contributed by atoms with Gasteiger partial charge in [0.2, 0.25) is 0 Å². The average molecular weight is 315 g/mol. The molecule has 0 aromatic carbocycles. The number of nitrogens with one attached hydrogen (secondary N) is 1. The predicted molar refractivity (Wildman–Crippen MR) is 74.6 cm³/mol. The molecular weight excluding hydrogens is 296 g/mol. The molecule has 100 valence electrons. The fraction of sp³-hybridized carbons (Fsp3) is 0.538.